The molecule has 2 aliphatic heterocycles. The lowest BCUT2D eigenvalue weighted by atomic mass is 9.41. The molecule has 7 aliphatic rings. The smallest absolute Gasteiger partial charge is 0.272 e. The van der Waals surface area contributed by atoms with E-state index in [-0.39, 0.29) is 57.0 Å². The van der Waals surface area contributed by atoms with E-state index < -0.39 is 30.2 Å². The van der Waals surface area contributed by atoms with E-state index in [4.69, 9.17) is 14.2 Å². The summed E-state index contributed by atoms with van der Waals surface area (Å²) in [5.74, 6) is 1.38. The first-order valence-corrected chi connectivity index (χ1v) is 19.2. The van der Waals surface area contributed by atoms with E-state index >= 15 is 0 Å². The third kappa shape index (κ3) is 4.64. The Bertz CT molecular complexity index is 1450. The summed E-state index contributed by atoms with van der Waals surface area (Å²) in [6.45, 7) is 16.6. The minimum atomic E-state index is -1.26. The highest BCUT2D eigenvalue weighted by Crippen LogP contribution is 2.89. The van der Waals surface area contributed by atoms with Gasteiger partial charge in [-0.05, 0) is 123 Å². The molecule has 3 N–H and O–H groups in total. The number of hydrogen-bond donors (Lipinski definition) is 3. The van der Waals surface area contributed by atoms with Gasteiger partial charge in [0.25, 0.3) is 5.91 Å². The second-order valence-electron chi connectivity index (χ2n) is 19.0. The van der Waals surface area contributed by atoms with Gasteiger partial charge in [-0.2, -0.15) is 0 Å². The van der Waals surface area contributed by atoms with Crippen molar-refractivity contribution >= 4 is 5.91 Å². The standard InChI is InChI=1S/C40H60N2O7/c1-23-20-25(32(43)36(4,5)46)48-31-30(23)37(6)15-16-40-22-39(40)14-13-28(35(2,3)26(39)11-12-27(40)38(37,7)33(31)44)49-29-21-42(18-19-47-29)34(45)24-10-8-9-17-41-24/h8-10,17,23,25-33,43-44,46H,11-16,18-22H2,1-7H3. The number of rotatable bonds is 5. The molecule has 1 aromatic rings. The molecule has 1 aromatic heterocycles. The Balaban J connectivity index is 1.00. The second kappa shape index (κ2) is 11.2. The Kier molecular flexibility index (Phi) is 7.87. The zero-order chi connectivity index (χ0) is 34.9. The van der Waals surface area contributed by atoms with Crippen LogP contribution in [0.15, 0.2) is 24.4 Å². The molecule has 0 aromatic carbocycles. The number of carbonyl (C=O) groups is 1. The minimum absolute atomic E-state index is 0.0463. The van der Waals surface area contributed by atoms with Gasteiger partial charge < -0.3 is 34.4 Å². The van der Waals surface area contributed by atoms with Gasteiger partial charge in [0.2, 0.25) is 0 Å². The Labute approximate surface area is 292 Å². The third-order valence-electron chi connectivity index (χ3n) is 16.4. The van der Waals surface area contributed by atoms with E-state index in [0.717, 1.165) is 32.1 Å². The molecule has 7 fully saturated rings. The fraction of sp³-hybridized carbons (Fsp3) is 0.850. The third-order valence-corrected chi connectivity index (χ3v) is 16.4. The lowest BCUT2D eigenvalue weighted by Crippen LogP contribution is -2.60. The fourth-order valence-corrected chi connectivity index (χ4v) is 13.9. The molecular weight excluding hydrogens is 620 g/mol. The summed E-state index contributed by atoms with van der Waals surface area (Å²) < 4.78 is 19.6. The van der Waals surface area contributed by atoms with E-state index in [1.165, 1.54) is 12.8 Å². The van der Waals surface area contributed by atoms with Gasteiger partial charge >= 0.3 is 0 Å². The average molecular weight is 681 g/mol. The molecule has 2 saturated heterocycles. The van der Waals surface area contributed by atoms with Crippen LogP contribution >= 0.6 is 0 Å². The SMILES string of the molecule is CC1CC(C(O)C(C)(C)O)OC2C1C1(C)CCC34CC35CCC(OC3CN(C(=O)c6ccccn6)CCO3)C(C)(C)C5CCC4C1(C)C2O. The predicted octanol–water partition coefficient (Wildman–Crippen LogP) is 5.21. The van der Waals surface area contributed by atoms with Crippen molar-refractivity contribution in [3.63, 3.8) is 0 Å². The number of hydrogen-bond acceptors (Lipinski definition) is 8. The lowest BCUT2D eigenvalue weighted by Gasteiger charge is -2.64. The quantitative estimate of drug-likeness (QED) is 0.388. The minimum Gasteiger partial charge on any atom is -0.390 e. The van der Waals surface area contributed by atoms with Crippen molar-refractivity contribution in [2.45, 2.75) is 142 Å². The van der Waals surface area contributed by atoms with Crippen molar-refractivity contribution in [3.05, 3.63) is 30.1 Å². The van der Waals surface area contributed by atoms with Crippen LogP contribution in [-0.2, 0) is 14.2 Å². The number of nitrogens with zero attached hydrogens (tertiary/aromatic N) is 2. The maximum Gasteiger partial charge on any atom is 0.272 e. The van der Waals surface area contributed by atoms with Crippen LogP contribution in [-0.4, -0.2) is 93.2 Å². The number of aromatic nitrogens is 1. The predicted molar refractivity (Wildman–Crippen MR) is 183 cm³/mol. The Morgan fingerprint density at radius 3 is 2.53 bits per heavy atom. The molecule has 9 heteroatoms. The topological polar surface area (TPSA) is 122 Å². The van der Waals surface area contributed by atoms with Crippen molar-refractivity contribution in [2.75, 3.05) is 19.7 Å². The highest BCUT2D eigenvalue weighted by molar-refractivity contribution is 5.92. The average Bonchev–Trinajstić information content (AvgIpc) is 3.70. The number of aliphatic hydroxyl groups excluding tert-OH is 2. The number of ether oxygens (including phenoxy) is 3. The number of carbonyl (C=O) groups excluding carboxylic acids is 1. The summed E-state index contributed by atoms with van der Waals surface area (Å²) in [6.07, 6.45) is 7.40. The maximum absolute atomic E-state index is 13.2. The van der Waals surface area contributed by atoms with Gasteiger partial charge in [0.15, 0.2) is 6.29 Å². The first-order chi connectivity index (χ1) is 23.0. The summed E-state index contributed by atoms with van der Waals surface area (Å²) in [6, 6.07) is 5.43. The van der Waals surface area contributed by atoms with E-state index in [2.05, 4.69) is 39.6 Å². The summed E-state index contributed by atoms with van der Waals surface area (Å²) in [5.41, 5.74) is -0.712. The molecule has 14 atom stereocenters. The number of amides is 1. The van der Waals surface area contributed by atoms with Crippen LogP contribution in [0, 0.1) is 50.7 Å². The van der Waals surface area contributed by atoms with Gasteiger partial charge in [0.1, 0.15) is 11.8 Å². The summed E-state index contributed by atoms with van der Waals surface area (Å²) in [4.78, 5) is 19.3. The first kappa shape index (κ1) is 34.5. The van der Waals surface area contributed by atoms with Gasteiger partial charge in [-0.15, -0.1) is 0 Å². The zero-order valence-corrected chi connectivity index (χ0v) is 30.7. The van der Waals surface area contributed by atoms with Crippen molar-refractivity contribution in [3.8, 4) is 0 Å². The fourth-order valence-electron chi connectivity index (χ4n) is 13.9. The van der Waals surface area contributed by atoms with Gasteiger partial charge in [0, 0.05) is 18.2 Å². The molecular formula is C40H60N2O7. The molecule has 272 valence electrons. The highest BCUT2D eigenvalue weighted by Gasteiger charge is 2.84. The number of aliphatic hydroxyl groups is 3. The van der Waals surface area contributed by atoms with E-state index in [1.54, 1.807) is 26.1 Å². The van der Waals surface area contributed by atoms with Crippen LogP contribution in [0.3, 0.4) is 0 Å². The monoisotopic (exact) mass is 680 g/mol. The molecule has 8 rings (SSSR count). The normalized spacial score (nSPS) is 49.1. The molecule has 9 nitrogen and oxygen atoms in total. The number of fused-ring (bicyclic) bond motifs is 4. The molecule has 0 bridgehead atoms. The summed E-state index contributed by atoms with van der Waals surface area (Å²) in [5, 5.41) is 34.1. The molecule has 5 saturated carbocycles. The van der Waals surface area contributed by atoms with E-state index in [0.29, 0.717) is 43.6 Å². The van der Waals surface area contributed by atoms with E-state index in [9.17, 15) is 20.1 Å². The van der Waals surface area contributed by atoms with Crippen LogP contribution in [0.2, 0.25) is 0 Å². The summed E-state index contributed by atoms with van der Waals surface area (Å²) >= 11 is 0. The Hall–Kier alpha value is -1.62. The molecule has 1 amide bonds. The van der Waals surface area contributed by atoms with Crippen LogP contribution in [0.1, 0.15) is 110 Å². The van der Waals surface area contributed by atoms with Crippen LogP contribution in [0.25, 0.3) is 0 Å². The Morgan fingerprint density at radius 2 is 1.82 bits per heavy atom. The molecule has 3 heterocycles. The van der Waals surface area contributed by atoms with Crippen LogP contribution < -0.4 is 0 Å². The second-order valence-corrected chi connectivity index (χ2v) is 19.0. The lowest BCUT2D eigenvalue weighted by molar-refractivity contribution is -0.245. The van der Waals surface area contributed by atoms with Crippen molar-refractivity contribution in [1.82, 2.24) is 9.88 Å². The molecule has 0 radical (unpaired) electrons. The van der Waals surface area contributed by atoms with E-state index in [1.807, 2.05) is 17.0 Å². The number of morpholine rings is 1. The Morgan fingerprint density at radius 1 is 1.08 bits per heavy atom. The van der Waals surface area contributed by atoms with Crippen molar-refractivity contribution in [1.29, 1.82) is 0 Å². The van der Waals surface area contributed by atoms with Crippen molar-refractivity contribution in [2.24, 2.45) is 50.7 Å². The maximum atomic E-state index is 13.2. The van der Waals surface area contributed by atoms with Gasteiger partial charge in [-0.1, -0.05) is 40.7 Å². The summed E-state index contributed by atoms with van der Waals surface area (Å²) in [7, 11) is 0. The van der Waals surface area contributed by atoms with Gasteiger partial charge in [0.05, 0.1) is 43.2 Å². The van der Waals surface area contributed by atoms with Crippen LogP contribution in [0.5, 0.6) is 0 Å². The molecule has 14 unspecified atom stereocenters. The highest BCUT2D eigenvalue weighted by atomic mass is 16.7. The van der Waals surface area contributed by atoms with Gasteiger partial charge in [-0.3, -0.25) is 9.78 Å². The molecule has 5 aliphatic carbocycles. The van der Waals surface area contributed by atoms with Crippen molar-refractivity contribution < 1.29 is 34.3 Å². The van der Waals surface area contributed by atoms with Gasteiger partial charge in [-0.25, -0.2) is 0 Å². The first-order valence-electron chi connectivity index (χ1n) is 19.2. The zero-order valence-electron chi connectivity index (χ0n) is 30.7. The number of pyridine rings is 1. The van der Waals surface area contributed by atoms with Crippen LogP contribution in [0.4, 0.5) is 0 Å². The largest absolute Gasteiger partial charge is 0.390 e. The molecule has 2 spiro atoms. The molecule has 49 heavy (non-hydrogen) atoms.